The van der Waals surface area contributed by atoms with Gasteiger partial charge >= 0.3 is 17.6 Å². The fourth-order valence-electron chi connectivity index (χ4n) is 2.43. The molecule has 144 valence electrons. The van der Waals surface area contributed by atoms with Gasteiger partial charge in [0.05, 0.1) is 10.4 Å². The Bertz CT molecular complexity index is 809. The molecule has 1 fully saturated rings. The first-order valence-corrected chi connectivity index (χ1v) is 8.27. The van der Waals surface area contributed by atoms with E-state index in [1.54, 1.807) is 4.98 Å². The lowest BCUT2D eigenvalue weighted by Crippen LogP contribution is -2.38. The minimum atomic E-state index is -3.11. The number of alkyl halides is 3. The summed E-state index contributed by atoms with van der Waals surface area (Å²) >= 11 is 3.22. The van der Waals surface area contributed by atoms with Crippen molar-refractivity contribution in [3.63, 3.8) is 0 Å². The molecular weight excluding hydrogens is 426 g/mol. The van der Waals surface area contributed by atoms with Gasteiger partial charge in [0.1, 0.15) is 18.8 Å². The fraction of sp³-hybridized carbons (Fsp3) is 0.571. The SMILES string of the molecule is CC(=O)OC[C@@H]1O[C@H](n2cc(C(F)F)c(=O)[nH]c2=O)C(Br)C1OC(C)=O. The average molecular weight is 441 g/mol. The summed E-state index contributed by atoms with van der Waals surface area (Å²) in [5, 5.41) is 0. The summed E-state index contributed by atoms with van der Waals surface area (Å²) < 4.78 is 42.2. The molecule has 9 nitrogen and oxygen atoms in total. The number of nitrogens with zero attached hydrogens (tertiary/aromatic N) is 1. The van der Waals surface area contributed by atoms with Crippen molar-refractivity contribution < 1.29 is 32.6 Å². The normalized spacial score (nSPS) is 25.3. The van der Waals surface area contributed by atoms with E-state index in [1.807, 2.05) is 0 Å². The van der Waals surface area contributed by atoms with E-state index in [-0.39, 0.29) is 6.61 Å². The first-order valence-electron chi connectivity index (χ1n) is 7.35. The lowest BCUT2D eigenvalue weighted by molar-refractivity contribution is -0.155. The molecule has 2 rings (SSSR count). The second kappa shape index (κ2) is 8.08. The van der Waals surface area contributed by atoms with Gasteiger partial charge in [-0.2, -0.15) is 0 Å². The van der Waals surface area contributed by atoms with Crippen molar-refractivity contribution in [2.45, 2.75) is 43.5 Å². The molecular formula is C14H15BrF2N2O7. The lowest BCUT2D eigenvalue weighted by atomic mass is 10.2. The molecule has 1 aliphatic heterocycles. The Morgan fingerprint density at radius 2 is 2.00 bits per heavy atom. The second-order valence-corrected chi connectivity index (χ2v) is 6.50. The number of rotatable bonds is 5. The van der Waals surface area contributed by atoms with Crippen LogP contribution in [0.2, 0.25) is 0 Å². The molecule has 0 amide bonds. The van der Waals surface area contributed by atoms with E-state index >= 15 is 0 Å². The van der Waals surface area contributed by atoms with Crippen LogP contribution in [0.3, 0.4) is 0 Å². The Labute approximate surface area is 153 Å². The van der Waals surface area contributed by atoms with E-state index in [9.17, 15) is 28.0 Å². The number of aromatic nitrogens is 2. The third kappa shape index (κ3) is 4.36. The van der Waals surface area contributed by atoms with Gasteiger partial charge in [0.25, 0.3) is 12.0 Å². The van der Waals surface area contributed by atoms with E-state index in [0.29, 0.717) is 6.20 Å². The molecule has 4 atom stereocenters. The molecule has 12 heteroatoms. The number of esters is 2. The first-order chi connectivity index (χ1) is 12.1. The van der Waals surface area contributed by atoms with E-state index in [2.05, 4.69) is 15.9 Å². The maximum absolute atomic E-state index is 12.9. The van der Waals surface area contributed by atoms with Crippen molar-refractivity contribution in [3.05, 3.63) is 32.6 Å². The highest BCUT2D eigenvalue weighted by Crippen LogP contribution is 2.36. The van der Waals surface area contributed by atoms with Gasteiger partial charge in [-0.05, 0) is 0 Å². The number of ether oxygens (including phenoxy) is 3. The van der Waals surface area contributed by atoms with Crippen LogP contribution in [0.5, 0.6) is 0 Å². The van der Waals surface area contributed by atoms with Crippen molar-refractivity contribution in [2.24, 2.45) is 0 Å². The number of H-pyrrole nitrogens is 1. The average Bonchev–Trinajstić information content (AvgIpc) is 2.81. The minimum Gasteiger partial charge on any atom is -0.463 e. The second-order valence-electron chi connectivity index (χ2n) is 5.44. The third-order valence-corrected chi connectivity index (χ3v) is 4.50. The van der Waals surface area contributed by atoms with Crippen molar-refractivity contribution >= 4 is 27.9 Å². The molecule has 0 aromatic carbocycles. The Morgan fingerprint density at radius 3 is 2.54 bits per heavy atom. The number of nitrogens with one attached hydrogen (secondary N) is 1. The van der Waals surface area contributed by atoms with E-state index in [0.717, 1.165) is 11.5 Å². The summed E-state index contributed by atoms with van der Waals surface area (Å²) in [5.41, 5.74) is -3.11. The molecule has 26 heavy (non-hydrogen) atoms. The molecule has 2 heterocycles. The highest BCUT2D eigenvalue weighted by molar-refractivity contribution is 9.09. The minimum absolute atomic E-state index is 0.286. The maximum Gasteiger partial charge on any atom is 0.330 e. The van der Waals surface area contributed by atoms with Gasteiger partial charge in [-0.1, -0.05) is 15.9 Å². The zero-order valence-electron chi connectivity index (χ0n) is 13.6. The number of hydrogen-bond acceptors (Lipinski definition) is 7. The van der Waals surface area contributed by atoms with Crippen molar-refractivity contribution in [3.8, 4) is 0 Å². The van der Waals surface area contributed by atoms with Gasteiger partial charge in [-0.25, -0.2) is 13.6 Å². The van der Waals surface area contributed by atoms with Crippen LogP contribution in [0, 0.1) is 0 Å². The Balaban J connectivity index is 2.39. The summed E-state index contributed by atoms with van der Waals surface area (Å²) in [6, 6.07) is 0. The number of halogens is 3. The highest BCUT2D eigenvalue weighted by Gasteiger charge is 2.47. The van der Waals surface area contributed by atoms with Crippen LogP contribution in [-0.4, -0.2) is 45.1 Å². The molecule has 1 N–H and O–H groups in total. The zero-order chi connectivity index (χ0) is 19.6. The number of aromatic amines is 1. The number of carbonyl (C=O) groups excluding carboxylic acids is 2. The fourth-order valence-corrected chi connectivity index (χ4v) is 3.26. The molecule has 1 aromatic rings. The summed E-state index contributed by atoms with van der Waals surface area (Å²) in [4.78, 5) is 46.7. The predicted molar refractivity (Wildman–Crippen MR) is 85.1 cm³/mol. The van der Waals surface area contributed by atoms with Gasteiger partial charge in [0, 0.05) is 20.0 Å². The maximum atomic E-state index is 12.9. The van der Waals surface area contributed by atoms with Gasteiger partial charge in [0.2, 0.25) is 0 Å². The predicted octanol–water partition coefficient (Wildman–Crippen LogP) is 0.630. The van der Waals surface area contributed by atoms with Crippen molar-refractivity contribution in [1.82, 2.24) is 9.55 Å². The van der Waals surface area contributed by atoms with E-state index < -0.39 is 58.4 Å². The molecule has 1 saturated heterocycles. The van der Waals surface area contributed by atoms with Crippen LogP contribution in [0.1, 0.15) is 32.1 Å². The largest absolute Gasteiger partial charge is 0.463 e. The van der Waals surface area contributed by atoms with Crippen LogP contribution in [0.4, 0.5) is 8.78 Å². The van der Waals surface area contributed by atoms with Crippen LogP contribution < -0.4 is 11.2 Å². The van der Waals surface area contributed by atoms with E-state index in [4.69, 9.17) is 14.2 Å². The lowest BCUT2D eigenvalue weighted by Gasteiger charge is -2.19. The summed E-state index contributed by atoms with van der Waals surface area (Å²) in [6.07, 6.45) is -5.54. The Kier molecular flexibility index (Phi) is 6.29. The van der Waals surface area contributed by atoms with Crippen LogP contribution in [0.15, 0.2) is 15.8 Å². The van der Waals surface area contributed by atoms with Gasteiger partial charge in [0.15, 0.2) is 6.23 Å². The van der Waals surface area contributed by atoms with Gasteiger partial charge < -0.3 is 14.2 Å². The quantitative estimate of drug-likeness (QED) is 0.526. The summed E-state index contributed by atoms with van der Waals surface area (Å²) in [6.45, 7) is 2.03. The third-order valence-electron chi connectivity index (χ3n) is 3.52. The molecule has 0 aliphatic carbocycles. The van der Waals surface area contributed by atoms with E-state index in [1.165, 1.54) is 6.92 Å². The zero-order valence-corrected chi connectivity index (χ0v) is 15.2. The number of carbonyl (C=O) groups is 2. The standard InChI is InChI=1S/C14H15BrF2N2O7/c1-5(20)24-4-8-10(25-6(2)21)9(15)13(26-8)19-3-7(11(16)17)12(22)18-14(19)23/h3,8-11,13H,4H2,1-2H3,(H,18,22,23)/t8-,9?,10?,13-/m0/s1. The number of hydrogen-bond donors (Lipinski definition) is 1. The first kappa shape index (κ1) is 20.2. The molecule has 1 aliphatic rings. The molecule has 0 saturated carbocycles. The monoisotopic (exact) mass is 440 g/mol. The van der Waals surface area contributed by atoms with Crippen LogP contribution in [0.25, 0.3) is 0 Å². The topological polar surface area (TPSA) is 117 Å². The summed E-state index contributed by atoms with van der Waals surface area (Å²) in [7, 11) is 0. The van der Waals surface area contributed by atoms with Gasteiger partial charge in [-0.3, -0.25) is 23.9 Å². The Hall–Kier alpha value is -2.08. The molecule has 1 aromatic heterocycles. The molecule has 0 bridgehead atoms. The molecule has 0 spiro atoms. The van der Waals surface area contributed by atoms with Crippen molar-refractivity contribution in [2.75, 3.05) is 6.61 Å². The molecule has 2 unspecified atom stereocenters. The molecule has 0 radical (unpaired) electrons. The highest BCUT2D eigenvalue weighted by atomic mass is 79.9. The van der Waals surface area contributed by atoms with Crippen LogP contribution >= 0.6 is 15.9 Å². The van der Waals surface area contributed by atoms with Gasteiger partial charge in [-0.15, -0.1) is 0 Å². The smallest absolute Gasteiger partial charge is 0.330 e. The Morgan fingerprint density at radius 1 is 1.35 bits per heavy atom. The summed E-state index contributed by atoms with van der Waals surface area (Å²) in [5.74, 6) is -1.26. The van der Waals surface area contributed by atoms with Crippen LogP contribution in [-0.2, 0) is 23.8 Å². The van der Waals surface area contributed by atoms with Crippen molar-refractivity contribution in [1.29, 1.82) is 0 Å².